The van der Waals surface area contributed by atoms with Crippen molar-refractivity contribution >= 4 is 8.80 Å². The number of aromatic hydroxyl groups is 1. The van der Waals surface area contributed by atoms with Gasteiger partial charge < -0.3 is 5.11 Å². The zero-order valence-electron chi connectivity index (χ0n) is 9.30. The number of phenolic OH excluding ortho intramolecular Hbond substituents is 1. The van der Waals surface area contributed by atoms with Crippen molar-refractivity contribution in [2.75, 3.05) is 0 Å². The predicted molar refractivity (Wildman–Crippen MR) is 63.5 cm³/mol. The number of hydrogen-bond donors (Lipinski definition) is 1. The largest absolute Gasteiger partial charge is 0.508 e. The Balaban J connectivity index is 2.47. The molecule has 0 heterocycles. The van der Waals surface area contributed by atoms with Crippen molar-refractivity contribution in [2.45, 2.75) is 38.9 Å². The summed E-state index contributed by atoms with van der Waals surface area (Å²) in [4.78, 5) is 0. The van der Waals surface area contributed by atoms with Crippen LogP contribution in [0.4, 0.5) is 0 Å². The van der Waals surface area contributed by atoms with Crippen molar-refractivity contribution in [3.63, 3.8) is 0 Å². The minimum absolute atomic E-state index is 0.0716. The maximum Gasteiger partial charge on any atom is 0.118 e. The maximum absolute atomic E-state index is 9.36. The van der Waals surface area contributed by atoms with E-state index in [1.807, 2.05) is 13.0 Å². The predicted octanol–water partition coefficient (Wildman–Crippen LogP) is 3.39. The lowest BCUT2D eigenvalue weighted by Gasteiger charge is -2.05. The molecule has 0 saturated heterocycles. The molecule has 1 nitrogen and oxygen atoms in total. The number of hydrogen-bond acceptors (Lipinski definition) is 1. The highest BCUT2D eigenvalue weighted by Crippen LogP contribution is 2.18. The van der Waals surface area contributed by atoms with Gasteiger partial charge in [-0.15, -0.1) is 0 Å². The Hall–Kier alpha value is -0.763. The van der Waals surface area contributed by atoms with Crippen molar-refractivity contribution in [3.05, 3.63) is 29.3 Å². The van der Waals surface area contributed by atoms with Crippen LogP contribution in [-0.4, -0.2) is 13.9 Å². The summed E-state index contributed by atoms with van der Waals surface area (Å²) < 4.78 is 0. The van der Waals surface area contributed by atoms with Crippen LogP contribution < -0.4 is 0 Å². The number of aryl methyl sites for hydroxylation is 2. The summed E-state index contributed by atoms with van der Waals surface area (Å²) in [5, 5.41) is 9.36. The highest BCUT2D eigenvalue weighted by atomic mass is 28.3. The first-order chi connectivity index (χ1) is 6.59. The van der Waals surface area contributed by atoms with Gasteiger partial charge in [0.15, 0.2) is 0 Å². The molecule has 1 radical (unpaired) electrons. The van der Waals surface area contributed by atoms with E-state index in [0.29, 0.717) is 5.75 Å². The first-order valence-corrected chi connectivity index (χ1v) is 7.88. The standard InChI is InChI=1S/C12H19OSi/c1-10-9-11(6-7-12(10)13)5-4-8-14(2)3/h6-7,9,13H,4-5,8H2,1-3H3. The van der Waals surface area contributed by atoms with Crippen molar-refractivity contribution in [1.82, 2.24) is 0 Å². The molecular formula is C12H19OSi. The van der Waals surface area contributed by atoms with Crippen LogP contribution in [0.5, 0.6) is 5.75 Å². The van der Waals surface area contributed by atoms with Crippen LogP contribution >= 0.6 is 0 Å². The Morgan fingerprint density at radius 3 is 2.57 bits per heavy atom. The van der Waals surface area contributed by atoms with Crippen LogP contribution in [0.15, 0.2) is 18.2 Å². The molecule has 0 amide bonds. The fourth-order valence-corrected chi connectivity index (χ4v) is 2.40. The third-order valence-electron chi connectivity index (χ3n) is 2.40. The van der Waals surface area contributed by atoms with Crippen LogP contribution in [0.1, 0.15) is 17.5 Å². The lowest BCUT2D eigenvalue weighted by molar-refractivity contribution is 0.471. The molecule has 14 heavy (non-hydrogen) atoms. The molecule has 1 N–H and O–H groups in total. The first kappa shape index (κ1) is 11.3. The molecule has 0 spiro atoms. The van der Waals surface area contributed by atoms with Crippen LogP contribution in [0.25, 0.3) is 0 Å². The smallest absolute Gasteiger partial charge is 0.118 e. The summed E-state index contributed by atoms with van der Waals surface area (Å²) in [6.07, 6.45) is 2.43. The van der Waals surface area contributed by atoms with Gasteiger partial charge in [0.05, 0.1) is 0 Å². The SMILES string of the molecule is Cc1cc(CCC[Si](C)C)ccc1O. The average molecular weight is 207 g/mol. The molecular weight excluding hydrogens is 188 g/mol. The number of rotatable bonds is 4. The van der Waals surface area contributed by atoms with Crippen LogP contribution in [0.2, 0.25) is 19.1 Å². The van der Waals surface area contributed by atoms with E-state index in [2.05, 4.69) is 19.2 Å². The van der Waals surface area contributed by atoms with E-state index >= 15 is 0 Å². The van der Waals surface area contributed by atoms with Crippen molar-refractivity contribution in [3.8, 4) is 5.75 Å². The monoisotopic (exact) mass is 207 g/mol. The summed E-state index contributed by atoms with van der Waals surface area (Å²) in [5.74, 6) is 0.407. The second kappa shape index (κ2) is 5.20. The average Bonchev–Trinajstić information content (AvgIpc) is 2.10. The van der Waals surface area contributed by atoms with Gasteiger partial charge in [-0.05, 0) is 30.5 Å². The molecule has 0 aromatic heterocycles. The van der Waals surface area contributed by atoms with Gasteiger partial charge in [-0.1, -0.05) is 37.7 Å². The summed E-state index contributed by atoms with van der Waals surface area (Å²) >= 11 is 0. The minimum Gasteiger partial charge on any atom is -0.508 e. The van der Waals surface area contributed by atoms with Crippen molar-refractivity contribution in [1.29, 1.82) is 0 Å². The fourth-order valence-electron chi connectivity index (χ4n) is 1.52. The van der Waals surface area contributed by atoms with Gasteiger partial charge in [0.25, 0.3) is 0 Å². The normalized spacial score (nSPS) is 10.9. The molecule has 0 aliphatic heterocycles. The summed E-state index contributed by atoms with van der Waals surface area (Å²) in [5.41, 5.74) is 2.34. The van der Waals surface area contributed by atoms with Gasteiger partial charge in [0, 0.05) is 8.80 Å². The molecule has 1 aromatic rings. The Labute approximate surface area is 88.4 Å². The van der Waals surface area contributed by atoms with E-state index < -0.39 is 0 Å². The Kier molecular flexibility index (Phi) is 4.20. The van der Waals surface area contributed by atoms with Gasteiger partial charge in [0.1, 0.15) is 5.75 Å². The summed E-state index contributed by atoms with van der Waals surface area (Å²) in [6, 6.07) is 7.30. The topological polar surface area (TPSA) is 20.2 Å². The number of phenols is 1. The third-order valence-corrected chi connectivity index (χ3v) is 3.76. The quantitative estimate of drug-likeness (QED) is 0.750. The molecule has 0 aliphatic carbocycles. The Bertz CT molecular complexity index is 294. The van der Waals surface area contributed by atoms with Crippen LogP contribution in [-0.2, 0) is 6.42 Å². The molecule has 1 aromatic carbocycles. The third kappa shape index (κ3) is 3.54. The van der Waals surface area contributed by atoms with E-state index in [1.54, 1.807) is 6.07 Å². The van der Waals surface area contributed by atoms with Crippen molar-refractivity contribution in [2.24, 2.45) is 0 Å². The zero-order valence-corrected chi connectivity index (χ0v) is 10.3. The summed E-state index contributed by atoms with van der Waals surface area (Å²) in [7, 11) is -0.0716. The lowest BCUT2D eigenvalue weighted by atomic mass is 10.1. The van der Waals surface area contributed by atoms with E-state index in [-0.39, 0.29) is 8.80 Å². The summed E-state index contributed by atoms with van der Waals surface area (Å²) in [6.45, 7) is 6.66. The van der Waals surface area contributed by atoms with Gasteiger partial charge in [0.2, 0.25) is 0 Å². The molecule has 0 saturated carbocycles. The highest BCUT2D eigenvalue weighted by molar-refractivity contribution is 6.55. The van der Waals surface area contributed by atoms with Crippen molar-refractivity contribution < 1.29 is 5.11 Å². The Morgan fingerprint density at radius 2 is 2.00 bits per heavy atom. The zero-order chi connectivity index (χ0) is 10.6. The second-order valence-corrected chi connectivity index (χ2v) is 7.10. The van der Waals surface area contributed by atoms with Gasteiger partial charge >= 0.3 is 0 Å². The van der Waals surface area contributed by atoms with Gasteiger partial charge in [-0.25, -0.2) is 0 Å². The fraction of sp³-hybridized carbons (Fsp3) is 0.500. The van der Waals surface area contributed by atoms with E-state index in [1.165, 1.54) is 18.0 Å². The molecule has 77 valence electrons. The first-order valence-electron chi connectivity index (χ1n) is 5.17. The van der Waals surface area contributed by atoms with Gasteiger partial charge in [-0.2, -0.15) is 0 Å². The molecule has 0 aliphatic rings. The molecule has 1 rings (SSSR count). The molecule has 2 heteroatoms. The lowest BCUT2D eigenvalue weighted by Crippen LogP contribution is -1.99. The van der Waals surface area contributed by atoms with Crippen LogP contribution in [0, 0.1) is 6.92 Å². The van der Waals surface area contributed by atoms with Gasteiger partial charge in [-0.3, -0.25) is 0 Å². The maximum atomic E-state index is 9.36. The minimum atomic E-state index is -0.0716. The molecule has 0 bridgehead atoms. The molecule has 0 fully saturated rings. The number of benzene rings is 1. The van der Waals surface area contributed by atoms with E-state index in [4.69, 9.17) is 0 Å². The molecule has 0 atom stereocenters. The van der Waals surface area contributed by atoms with E-state index in [0.717, 1.165) is 12.0 Å². The van der Waals surface area contributed by atoms with Crippen LogP contribution in [0.3, 0.4) is 0 Å². The Morgan fingerprint density at radius 1 is 1.29 bits per heavy atom. The second-order valence-electron chi connectivity index (χ2n) is 4.18. The molecule has 0 unspecified atom stereocenters. The highest BCUT2D eigenvalue weighted by Gasteiger charge is 2.00. The van der Waals surface area contributed by atoms with E-state index in [9.17, 15) is 5.11 Å².